The average Bonchev–Trinajstić information content (AvgIpc) is 2.86. The summed E-state index contributed by atoms with van der Waals surface area (Å²) >= 11 is 0. The van der Waals surface area contributed by atoms with Gasteiger partial charge in [-0.25, -0.2) is 0 Å². The second-order valence-corrected chi connectivity index (χ2v) is 10.7. The van der Waals surface area contributed by atoms with E-state index in [1.807, 2.05) is 47.4 Å². The smallest absolute Gasteiger partial charge is 0.243 e. The lowest BCUT2D eigenvalue weighted by Crippen LogP contribution is -2.53. The highest BCUT2D eigenvalue weighted by Crippen LogP contribution is 2.21. The van der Waals surface area contributed by atoms with Gasteiger partial charge in [-0.2, -0.15) is 0 Å². The zero-order valence-corrected chi connectivity index (χ0v) is 22.5. The van der Waals surface area contributed by atoms with Crippen LogP contribution >= 0.6 is 0 Å². The van der Waals surface area contributed by atoms with Gasteiger partial charge >= 0.3 is 0 Å². The van der Waals surface area contributed by atoms with Gasteiger partial charge in [0.05, 0.1) is 6.42 Å². The van der Waals surface area contributed by atoms with Crippen LogP contribution in [0.2, 0.25) is 0 Å². The number of benzene rings is 3. The van der Waals surface area contributed by atoms with Crippen molar-refractivity contribution in [3.63, 3.8) is 0 Å². The van der Waals surface area contributed by atoms with Crippen LogP contribution in [0.3, 0.4) is 0 Å². The molecule has 4 rings (SSSR count). The van der Waals surface area contributed by atoms with Crippen LogP contribution < -0.4 is 5.32 Å². The van der Waals surface area contributed by atoms with Crippen LogP contribution in [0.15, 0.2) is 72.8 Å². The van der Waals surface area contributed by atoms with Gasteiger partial charge in [0.2, 0.25) is 11.8 Å². The molecule has 0 saturated heterocycles. The largest absolute Gasteiger partial charge is 0.352 e. The first-order chi connectivity index (χ1) is 17.9. The third kappa shape index (κ3) is 7.79. The van der Waals surface area contributed by atoms with E-state index in [-0.39, 0.29) is 24.3 Å². The van der Waals surface area contributed by atoms with Crippen molar-refractivity contribution < 1.29 is 9.59 Å². The molecule has 0 radical (unpaired) electrons. The molecule has 0 unspecified atom stereocenters. The second kappa shape index (κ2) is 12.7. The maximum atomic E-state index is 14.0. The molecule has 1 aliphatic rings. The molecule has 1 atom stereocenters. The first-order valence-corrected chi connectivity index (χ1v) is 13.6. The van der Waals surface area contributed by atoms with Gasteiger partial charge in [0.15, 0.2) is 0 Å². The number of hydrogen-bond acceptors (Lipinski definition) is 2. The molecule has 4 nitrogen and oxygen atoms in total. The summed E-state index contributed by atoms with van der Waals surface area (Å²) in [5, 5.41) is 3.32. The number of carbonyl (C=O) groups excluding carboxylic acids is 2. The summed E-state index contributed by atoms with van der Waals surface area (Å²) in [5.74, 6) is -0.0663. The Hall–Kier alpha value is -3.40. The van der Waals surface area contributed by atoms with Gasteiger partial charge in [-0.1, -0.05) is 109 Å². The summed E-state index contributed by atoms with van der Waals surface area (Å²) in [6.45, 7) is 6.58. The number of amides is 2. The second-order valence-electron chi connectivity index (χ2n) is 10.7. The van der Waals surface area contributed by atoms with Gasteiger partial charge in [-0.3, -0.25) is 9.59 Å². The van der Waals surface area contributed by atoms with Crippen LogP contribution in [0.1, 0.15) is 65.5 Å². The van der Waals surface area contributed by atoms with Gasteiger partial charge in [0.25, 0.3) is 0 Å². The third-order valence-corrected chi connectivity index (χ3v) is 7.29. The molecule has 3 aromatic rings. The highest BCUT2D eigenvalue weighted by Gasteiger charge is 2.32. The Bertz CT molecular complexity index is 1180. The van der Waals surface area contributed by atoms with E-state index in [0.717, 1.165) is 59.1 Å². The Balaban J connectivity index is 1.67. The molecule has 0 aromatic heterocycles. The lowest BCUT2D eigenvalue weighted by Gasteiger charge is -2.33. The van der Waals surface area contributed by atoms with Gasteiger partial charge in [0.1, 0.15) is 6.04 Å². The van der Waals surface area contributed by atoms with E-state index in [1.54, 1.807) is 0 Å². The molecular formula is C33H40N2O2. The normalized spacial score (nSPS) is 14.7. The number of aryl methyl sites for hydroxylation is 3. The molecule has 0 heterocycles. The van der Waals surface area contributed by atoms with Crippen molar-refractivity contribution in [3.8, 4) is 0 Å². The molecule has 0 bridgehead atoms. The summed E-state index contributed by atoms with van der Waals surface area (Å²) in [5.41, 5.74) is 6.51. The Morgan fingerprint density at radius 1 is 0.784 bits per heavy atom. The van der Waals surface area contributed by atoms with Gasteiger partial charge in [-0.05, 0) is 50.3 Å². The predicted octanol–water partition coefficient (Wildman–Crippen LogP) is 6.24. The molecule has 0 aliphatic heterocycles. The fraction of sp³-hybridized carbons (Fsp3) is 0.394. The van der Waals surface area contributed by atoms with E-state index in [4.69, 9.17) is 0 Å². The van der Waals surface area contributed by atoms with Gasteiger partial charge < -0.3 is 10.2 Å². The van der Waals surface area contributed by atoms with Crippen LogP contribution in [0.25, 0.3) is 0 Å². The number of rotatable bonds is 9. The molecule has 37 heavy (non-hydrogen) atoms. The molecule has 1 N–H and O–H groups in total. The van der Waals surface area contributed by atoms with Crippen LogP contribution in [0.4, 0.5) is 0 Å². The van der Waals surface area contributed by atoms with E-state index in [2.05, 4.69) is 56.4 Å². The summed E-state index contributed by atoms with van der Waals surface area (Å²) in [7, 11) is 0. The van der Waals surface area contributed by atoms with E-state index in [9.17, 15) is 9.59 Å². The molecule has 3 aromatic carbocycles. The first kappa shape index (κ1) is 26.7. The molecule has 4 heteroatoms. The van der Waals surface area contributed by atoms with E-state index in [0.29, 0.717) is 13.0 Å². The number of nitrogens with zero attached hydrogens (tertiary/aromatic N) is 1. The van der Waals surface area contributed by atoms with E-state index in [1.165, 1.54) is 6.42 Å². The molecular weight excluding hydrogens is 456 g/mol. The van der Waals surface area contributed by atoms with Crippen molar-refractivity contribution in [2.45, 2.75) is 84.3 Å². The van der Waals surface area contributed by atoms with E-state index < -0.39 is 6.04 Å². The molecule has 2 amide bonds. The average molecular weight is 497 g/mol. The Morgan fingerprint density at radius 2 is 1.43 bits per heavy atom. The summed E-state index contributed by atoms with van der Waals surface area (Å²) in [6.07, 6.45) is 6.31. The maximum absolute atomic E-state index is 14.0. The number of carbonyl (C=O) groups is 2. The van der Waals surface area contributed by atoms with Gasteiger partial charge in [0, 0.05) is 19.0 Å². The predicted molar refractivity (Wildman–Crippen MR) is 150 cm³/mol. The van der Waals surface area contributed by atoms with Crippen LogP contribution in [-0.2, 0) is 29.0 Å². The lowest BCUT2D eigenvalue weighted by molar-refractivity contribution is -0.141. The van der Waals surface area contributed by atoms with Crippen molar-refractivity contribution in [2.75, 3.05) is 0 Å². The van der Waals surface area contributed by atoms with Crippen LogP contribution in [-0.4, -0.2) is 28.8 Å². The minimum Gasteiger partial charge on any atom is -0.352 e. The standard InChI is InChI=1S/C33H40N2O2/c1-24-11-10-14-28(18-24)23-35(32(36)22-29-19-25(2)17-26(3)20-29)31(21-27-12-6-4-7-13-27)33(37)34-30-15-8-5-9-16-30/h4,6-7,10-14,17-20,30-31H,5,8-9,15-16,21-23H2,1-3H3,(H,34,37)/t31-/m0/s1. The number of hydrogen-bond donors (Lipinski definition) is 1. The quantitative estimate of drug-likeness (QED) is 0.381. The molecule has 1 aliphatic carbocycles. The van der Waals surface area contributed by atoms with Crippen molar-refractivity contribution in [2.24, 2.45) is 0 Å². The SMILES string of the molecule is Cc1cc(C)cc(CC(=O)N(Cc2cccc(C)c2)[C@@H](Cc2ccccc2)C(=O)NC2CCCCC2)c1. The maximum Gasteiger partial charge on any atom is 0.243 e. The van der Waals surface area contributed by atoms with Crippen molar-refractivity contribution in [3.05, 3.63) is 106 Å². The lowest BCUT2D eigenvalue weighted by atomic mass is 9.94. The first-order valence-electron chi connectivity index (χ1n) is 13.6. The van der Waals surface area contributed by atoms with Crippen LogP contribution in [0, 0.1) is 20.8 Å². The number of nitrogens with one attached hydrogen (secondary N) is 1. The topological polar surface area (TPSA) is 49.4 Å². The Kier molecular flexibility index (Phi) is 9.16. The van der Waals surface area contributed by atoms with Crippen molar-refractivity contribution in [1.82, 2.24) is 10.2 Å². The molecule has 194 valence electrons. The Labute approximate surface area is 222 Å². The zero-order valence-electron chi connectivity index (χ0n) is 22.5. The summed E-state index contributed by atoms with van der Waals surface area (Å²) < 4.78 is 0. The highest BCUT2D eigenvalue weighted by molar-refractivity contribution is 5.89. The third-order valence-electron chi connectivity index (χ3n) is 7.29. The van der Waals surface area contributed by atoms with Crippen molar-refractivity contribution in [1.29, 1.82) is 0 Å². The molecule has 1 fully saturated rings. The highest BCUT2D eigenvalue weighted by atomic mass is 16.2. The molecule has 0 spiro atoms. The zero-order chi connectivity index (χ0) is 26.2. The summed E-state index contributed by atoms with van der Waals surface area (Å²) in [4.78, 5) is 29.7. The van der Waals surface area contributed by atoms with Gasteiger partial charge in [-0.15, -0.1) is 0 Å². The van der Waals surface area contributed by atoms with Crippen molar-refractivity contribution >= 4 is 11.8 Å². The monoisotopic (exact) mass is 496 g/mol. The minimum absolute atomic E-state index is 0.0220. The summed E-state index contributed by atoms with van der Waals surface area (Å²) in [6, 6.07) is 24.2. The fourth-order valence-corrected chi connectivity index (χ4v) is 5.55. The molecule has 1 saturated carbocycles. The minimum atomic E-state index is -0.580. The Morgan fingerprint density at radius 3 is 2.11 bits per heavy atom. The fourth-order valence-electron chi connectivity index (χ4n) is 5.55. The van der Waals surface area contributed by atoms with Crippen LogP contribution in [0.5, 0.6) is 0 Å². The van der Waals surface area contributed by atoms with E-state index >= 15 is 0 Å².